The van der Waals surface area contributed by atoms with E-state index in [1.165, 1.54) is 12.8 Å². The number of fused-ring (bicyclic) bond motifs is 3. The van der Waals surface area contributed by atoms with E-state index in [9.17, 15) is 10.3 Å². The first-order valence-corrected chi connectivity index (χ1v) is 9.56. The van der Waals surface area contributed by atoms with Crippen LogP contribution < -0.4 is 0 Å². The third kappa shape index (κ3) is 3.01. The van der Waals surface area contributed by atoms with Crippen molar-refractivity contribution in [2.75, 3.05) is 26.2 Å². The maximum absolute atomic E-state index is 12.6. The molecule has 0 amide bonds. The molecular weight excluding hydrogens is 302 g/mol. The van der Waals surface area contributed by atoms with Gasteiger partial charge in [0.1, 0.15) is 18.2 Å². The Labute approximate surface area is 144 Å². The number of aliphatic hydroxyl groups is 1. The van der Waals surface area contributed by atoms with Gasteiger partial charge in [-0.2, -0.15) is 0 Å². The molecule has 2 atom stereocenters. The van der Waals surface area contributed by atoms with Crippen molar-refractivity contribution >= 4 is 0 Å². The van der Waals surface area contributed by atoms with Crippen LogP contribution in [0, 0.1) is 17.0 Å². The molecular formula is C20H29NO3. The van der Waals surface area contributed by atoms with Crippen LogP contribution in [0.5, 0.6) is 0 Å². The van der Waals surface area contributed by atoms with E-state index in [1.807, 2.05) is 30.3 Å². The van der Waals surface area contributed by atoms with Crippen LogP contribution in [0.2, 0.25) is 0 Å². The lowest BCUT2D eigenvalue weighted by Crippen LogP contribution is -2.61. The Morgan fingerprint density at radius 1 is 1.08 bits per heavy atom. The fourth-order valence-electron chi connectivity index (χ4n) is 5.08. The van der Waals surface area contributed by atoms with Crippen LogP contribution >= 0.6 is 0 Å². The average Bonchev–Trinajstić information content (AvgIpc) is 3.16. The second-order valence-corrected chi connectivity index (χ2v) is 8.15. The number of benzene rings is 1. The molecule has 4 fully saturated rings. The zero-order chi connectivity index (χ0) is 16.6. The van der Waals surface area contributed by atoms with Gasteiger partial charge < -0.3 is 19.7 Å². The molecule has 132 valence electrons. The van der Waals surface area contributed by atoms with Crippen molar-refractivity contribution in [3.63, 3.8) is 0 Å². The number of rotatable bonds is 5. The standard InChI is InChI=1S/C20H29NO3/c22-20(18-8-4-5-9-18,17-6-2-1-3-7-17)15-24-19-14-21(23)12-10-16(19)11-13-21/h1-3,6-7,16,18-19,22H,4-5,8-15H2. The maximum Gasteiger partial charge on any atom is 0.116 e. The SMILES string of the molecule is [O-][N+]12CCC(CC1)C(OCC(O)(c1ccccc1)C1CCCC1)C2. The Hall–Kier alpha value is -0.940. The quantitative estimate of drug-likeness (QED) is 0.666. The third-order valence-electron chi connectivity index (χ3n) is 6.67. The van der Waals surface area contributed by atoms with Gasteiger partial charge in [0.15, 0.2) is 0 Å². The smallest absolute Gasteiger partial charge is 0.116 e. The normalized spacial score (nSPS) is 35.9. The largest absolute Gasteiger partial charge is 0.633 e. The topological polar surface area (TPSA) is 52.5 Å². The molecule has 1 saturated carbocycles. The number of quaternary nitrogens is 1. The minimum atomic E-state index is -0.919. The van der Waals surface area contributed by atoms with Crippen molar-refractivity contribution < 1.29 is 14.5 Å². The van der Waals surface area contributed by atoms with E-state index in [-0.39, 0.29) is 16.7 Å². The van der Waals surface area contributed by atoms with Crippen molar-refractivity contribution in [3.8, 4) is 0 Å². The van der Waals surface area contributed by atoms with Crippen molar-refractivity contribution in [1.29, 1.82) is 0 Å². The van der Waals surface area contributed by atoms with E-state index in [1.54, 1.807) is 0 Å². The molecule has 5 rings (SSSR count). The summed E-state index contributed by atoms with van der Waals surface area (Å²) in [5, 5.41) is 24.1. The lowest BCUT2D eigenvalue weighted by atomic mass is 9.80. The first-order valence-electron chi connectivity index (χ1n) is 9.56. The van der Waals surface area contributed by atoms with Crippen LogP contribution in [0.25, 0.3) is 0 Å². The maximum atomic E-state index is 12.6. The van der Waals surface area contributed by atoms with Crippen LogP contribution in [0.3, 0.4) is 0 Å². The number of ether oxygens (including phenoxy) is 1. The number of hydrogen-bond acceptors (Lipinski definition) is 3. The molecule has 3 saturated heterocycles. The highest BCUT2D eigenvalue weighted by atomic mass is 16.6. The number of hydrogen-bond donors (Lipinski definition) is 1. The summed E-state index contributed by atoms with van der Waals surface area (Å²) in [5.74, 6) is 0.763. The highest BCUT2D eigenvalue weighted by Gasteiger charge is 2.45. The predicted octanol–water partition coefficient (Wildman–Crippen LogP) is 3.19. The first-order chi connectivity index (χ1) is 11.6. The molecule has 0 aromatic heterocycles. The fourth-order valence-corrected chi connectivity index (χ4v) is 5.08. The van der Waals surface area contributed by atoms with Gasteiger partial charge in [0.2, 0.25) is 0 Å². The molecule has 4 nitrogen and oxygen atoms in total. The van der Waals surface area contributed by atoms with E-state index < -0.39 is 5.60 Å². The van der Waals surface area contributed by atoms with Gasteiger partial charge in [0.25, 0.3) is 0 Å². The Bertz CT molecular complexity index is 549. The highest BCUT2D eigenvalue weighted by molar-refractivity contribution is 5.24. The summed E-state index contributed by atoms with van der Waals surface area (Å²) in [5.41, 5.74) is 0.0431. The van der Waals surface area contributed by atoms with E-state index >= 15 is 0 Å². The van der Waals surface area contributed by atoms with Crippen molar-refractivity contribution in [2.24, 2.45) is 11.8 Å². The van der Waals surface area contributed by atoms with Crippen LogP contribution in [0.1, 0.15) is 44.1 Å². The van der Waals surface area contributed by atoms with Crippen molar-refractivity contribution in [3.05, 3.63) is 41.1 Å². The van der Waals surface area contributed by atoms with Gasteiger partial charge in [0, 0.05) is 18.8 Å². The summed E-state index contributed by atoms with van der Waals surface area (Å²) in [6.45, 7) is 2.38. The molecule has 2 bridgehead atoms. The molecule has 0 radical (unpaired) electrons. The van der Waals surface area contributed by atoms with Crippen molar-refractivity contribution in [2.45, 2.75) is 50.2 Å². The number of hydroxylamine groups is 3. The molecule has 1 aromatic carbocycles. The molecule has 0 spiro atoms. The summed E-state index contributed by atoms with van der Waals surface area (Å²) < 4.78 is 6.16. The molecule has 3 heterocycles. The van der Waals surface area contributed by atoms with E-state index in [4.69, 9.17) is 4.74 Å². The van der Waals surface area contributed by atoms with Crippen LogP contribution in [-0.4, -0.2) is 42.1 Å². The fraction of sp³-hybridized carbons (Fsp3) is 0.700. The summed E-state index contributed by atoms with van der Waals surface area (Å²) in [6, 6.07) is 9.99. The molecule has 1 aromatic rings. The Morgan fingerprint density at radius 3 is 2.38 bits per heavy atom. The van der Waals surface area contributed by atoms with Crippen LogP contribution in [-0.2, 0) is 10.3 Å². The van der Waals surface area contributed by atoms with Gasteiger partial charge in [-0.25, -0.2) is 0 Å². The van der Waals surface area contributed by atoms with Gasteiger partial charge in [-0.15, -0.1) is 0 Å². The average molecular weight is 331 g/mol. The first kappa shape index (κ1) is 16.5. The molecule has 24 heavy (non-hydrogen) atoms. The number of nitrogens with zero attached hydrogens (tertiary/aromatic N) is 1. The lowest BCUT2D eigenvalue weighted by Gasteiger charge is -2.55. The molecule has 2 unspecified atom stereocenters. The molecule has 4 heteroatoms. The van der Waals surface area contributed by atoms with Gasteiger partial charge in [-0.3, -0.25) is 0 Å². The van der Waals surface area contributed by atoms with Crippen molar-refractivity contribution in [1.82, 2.24) is 0 Å². The molecule has 4 aliphatic rings. The van der Waals surface area contributed by atoms with E-state index in [0.29, 0.717) is 19.1 Å². The second-order valence-electron chi connectivity index (χ2n) is 8.15. The van der Waals surface area contributed by atoms with Gasteiger partial charge in [-0.05, 0) is 24.3 Å². The zero-order valence-electron chi connectivity index (χ0n) is 14.4. The minimum absolute atomic E-state index is 0.0154. The van der Waals surface area contributed by atoms with Gasteiger partial charge in [-0.1, -0.05) is 43.2 Å². The van der Waals surface area contributed by atoms with Crippen LogP contribution in [0.4, 0.5) is 0 Å². The second kappa shape index (κ2) is 6.41. The zero-order valence-corrected chi connectivity index (χ0v) is 14.4. The van der Waals surface area contributed by atoms with Gasteiger partial charge in [0.05, 0.1) is 19.7 Å². The van der Waals surface area contributed by atoms with Crippen LogP contribution in [0.15, 0.2) is 30.3 Å². The molecule has 3 aliphatic heterocycles. The summed E-state index contributed by atoms with van der Waals surface area (Å²) >= 11 is 0. The summed E-state index contributed by atoms with van der Waals surface area (Å²) in [7, 11) is 0. The summed E-state index contributed by atoms with van der Waals surface area (Å²) in [6.07, 6.45) is 6.46. The Morgan fingerprint density at radius 2 is 1.75 bits per heavy atom. The Balaban J connectivity index is 1.50. The van der Waals surface area contributed by atoms with E-state index in [0.717, 1.165) is 44.3 Å². The third-order valence-corrected chi connectivity index (χ3v) is 6.67. The van der Waals surface area contributed by atoms with E-state index in [2.05, 4.69) is 0 Å². The highest BCUT2D eigenvalue weighted by Crippen LogP contribution is 2.42. The Kier molecular flexibility index (Phi) is 4.42. The number of piperidine rings is 3. The summed E-state index contributed by atoms with van der Waals surface area (Å²) in [4.78, 5) is 0. The molecule has 1 N–H and O–H groups in total. The lowest BCUT2D eigenvalue weighted by molar-refractivity contribution is -0.901. The predicted molar refractivity (Wildman–Crippen MR) is 93.0 cm³/mol. The molecule has 1 aliphatic carbocycles. The monoisotopic (exact) mass is 331 g/mol. The minimum Gasteiger partial charge on any atom is -0.633 e. The van der Waals surface area contributed by atoms with Gasteiger partial charge >= 0.3 is 0 Å².